The van der Waals surface area contributed by atoms with Gasteiger partial charge in [-0.05, 0) is 31.0 Å². The summed E-state index contributed by atoms with van der Waals surface area (Å²) in [6.07, 6.45) is 2.53. The van der Waals surface area contributed by atoms with E-state index in [0.29, 0.717) is 28.8 Å². The third-order valence-electron chi connectivity index (χ3n) is 4.85. The van der Waals surface area contributed by atoms with Crippen LogP contribution in [0.15, 0.2) is 61.2 Å². The van der Waals surface area contributed by atoms with E-state index in [1.54, 1.807) is 6.07 Å². The molecule has 0 bridgehead atoms. The molecule has 0 radical (unpaired) electrons. The average Bonchev–Trinajstić information content (AvgIpc) is 3.62. The molecule has 2 aromatic heterocycles. The summed E-state index contributed by atoms with van der Waals surface area (Å²) in [6.45, 7) is -0.209. The highest BCUT2D eigenvalue weighted by atomic mass is 32.2. The zero-order valence-corrected chi connectivity index (χ0v) is 20.1. The van der Waals surface area contributed by atoms with Gasteiger partial charge in [0.1, 0.15) is 22.5 Å². The van der Waals surface area contributed by atoms with Crippen molar-refractivity contribution in [3.8, 4) is 0 Å². The number of aliphatic imine (C=N–C) groups is 2. The van der Waals surface area contributed by atoms with E-state index in [-0.39, 0.29) is 39.0 Å². The van der Waals surface area contributed by atoms with Gasteiger partial charge in [-0.2, -0.15) is 0 Å². The van der Waals surface area contributed by atoms with Gasteiger partial charge in [-0.15, -0.1) is 0 Å². The molecule has 1 amide bonds. The van der Waals surface area contributed by atoms with Crippen molar-refractivity contribution in [1.29, 1.82) is 0 Å². The van der Waals surface area contributed by atoms with Crippen LogP contribution in [0.25, 0.3) is 10.3 Å². The summed E-state index contributed by atoms with van der Waals surface area (Å²) in [5, 5.41) is 6.42. The molecule has 0 saturated heterocycles. The highest BCUT2D eigenvalue weighted by Crippen LogP contribution is 2.33. The number of sulfone groups is 1. The number of oxime groups is 1. The SMILES string of the molecule is CN=CN=C(N)CO/N=C(/C(=O)Nc1nc2ccc(=O)[nH]c2s1)c1ccc(S(=O)(=O)C2CC2)cc1. The third-order valence-corrected chi connectivity index (χ3v) is 8.03. The largest absolute Gasteiger partial charge is 0.387 e. The molecule has 3 aromatic rings. The molecule has 2 heterocycles. The second-order valence-corrected chi connectivity index (χ2v) is 10.7. The van der Waals surface area contributed by atoms with Crippen molar-refractivity contribution in [2.45, 2.75) is 23.0 Å². The van der Waals surface area contributed by atoms with E-state index < -0.39 is 15.7 Å². The first-order valence-electron chi connectivity index (χ1n) is 10.4. The molecule has 12 nitrogen and oxygen atoms in total. The van der Waals surface area contributed by atoms with Crippen LogP contribution in [-0.2, 0) is 19.5 Å². The molecule has 4 N–H and O–H groups in total. The van der Waals surface area contributed by atoms with Crippen molar-refractivity contribution >= 4 is 60.4 Å². The Kier molecular flexibility index (Phi) is 7.02. The van der Waals surface area contributed by atoms with Gasteiger partial charge in [0.05, 0.1) is 10.1 Å². The topological polar surface area (TPSA) is 181 Å². The van der Waals surface area contributed by atoms with Gasteiger partial charge in [0.25, 0.3) is 5.91 Å². The Hall–Kier alpha value is -3.91. The van der Waals surface area contributed by atoms with Crippen LogP contribution in [-0.4, -0.2) is 61.1 Å². The molecular weight excluding hydrogens is 494 g/mol. The molecule has 35 heavy (non-hydrogen) atoms. The number of H-pyrrole nitrogens is 1. The summed E-state index contributed by atoms with van der Waals surface area (Å²) in [5.41, 5.74) is 6.11. The molecule has 0 spiro atoms. The molecule has 182 valence electrons. The maximum Gasteiger partial charge on any atom is 0.280 e. The number of carbonyl (C=O) groups is 1. The molecule has 4 rings (SSSR count). The van der Waals surface area contributed by atoms with Crippen molar-refractivity contribution in [2.24, 2.45) is 20.9 Å². The number of nitrogens with two attached hydrogens (primary N) is 1. The van der Waals surface area contributed by atoms with Crippen LogP contribution in [0.2, 0.25) is 0 Å². The number of amidine groups is 1. The number of thiazole rings is 1. The fraction of sp³-hybridized carbons (Fsp3) is 0.238. The van der Waals surface area contributed by atoms with Crippen LogP contribution in [0.3, 0.4) is 0 Å². The number of aromatic amines is 1. The number of carbonyl (C=O) groups excluding carboxylic acids is 1. The number of hydrogen-bond acceptors (Lipinski definition) is 9. The summed E-state index contributed by atoms with van der Waals surface area (Å²) in [4.78, 5) is 44.9. The van der Waals surface area contributed by atoms with Crippen LogP contribution in [0.1, 0.15) is 18.4 Å². The first-order chi connectivity index (χ1) is 16.8. The predicted octanol–water partition coefficient (Wildman–Crippen LogP) is 1.30. The highest BCUT2D eigenvalue weighted by Gasteiger charge is 2.36. The van der Waals surface area contributed by atoms with E-state index in [4.69, 9.17) is 10.6 Å². The summed E-state index contributed by atoms with van der Waals surface area (Å²) in [5.74, 6) is -0.574. The lowest BCUT2D eigenvalue weighted by molar-refractivity contribution is -0.110. The van der Waals surface area contributed by atoms with Crippen molar-refractivity contribution in [1.82, 2.24) is 9.97 Å². The fourth-order valence-electron chi connectivity index (χ4n) is 2.98. The van der Waals surface area contributed by atoms with Gasteiger partial charge in [-0.3, -0.25) is 19.9 Å². The minimum Gasteiger partial charge on any atom is -0.387 e. The van der Waals surface area contributed by atoms with Gasteiger partial charge >= 0.3 is 0 Å². The molecule has 1 aliphatic carbocycles. The van der Waals surface area contributed by atoms with Gasteiger partial charge in [0.15, 0.2) is 27.3 Å². The molecule has 0 unspecified atom stereocenters. The lowest BCUT2D eigenvalue weighted by atomic mass is 10.1. The van der Waals surface area contributed by atoms with Crippen molar-refractivity contribution in [2.75, 3.05) is 19.0 Å². The van der Waals surface area contributed by atoms with Crippen LogP contribution in [0.5, 0.6) is 0 Å². The number of pyridine rings is 1. The standard InChI is InChI=1S/C21H21N7O5S2/c1-23-11-24-16(22)10-33-28-18(12-2-4-13(5-3-12)35(31,32)14-6-7-14)19(30)27-21-25-15-8-9-17(29)26-20(15)34-21/h2-5,8-9,11,14H,6-7,10H2,1H3,(H,26,29)(H2,22,23,24)(H,25,27,30)/b28-18+. The molecule has 14 heteroatoms. The smallest absolute Gasteiger partial charge is 0.280 e. The van der Waals surface area contributed by atoms with E-state index in [9.17, 15) is 18.0 Å². The van der Waals surface area contributed by atoms with Gasteiger partial charge in [-0.1, -0.05) is 28.6 Å². The first kappa shape index (κ1) is 24.2. The van der Waals surface area contributed by atoms with Crippen LogP contribution in [0, 0.1) is 0 Å². The number of anilines is 1. The van der Waals surface area contributed by atoms with Crippen LogP contribution < -0.4 is 16.6 Å². The number of aromatic nitrogens is 2. The molecule has 1 saturated carbocycles. The molecule has 1 aliphatic rings. The van der Waals surface area contributed by atoms with Crippen molar-refractivity contribution in [3.05, 3.63) is 52.3 Å². The van der Waals surface area contributed by atoms with Gasteiger partial charge < -0.3 is 15.6 Å². The third kappa shape index (κ3) is 5.78. The molecule has 0 aliphatic heterocycles. The Bertz CT molecular complexity index is 1500. The lowest BCUT2D eigenvalue weighted by Gasteiger charge is -2.08. The molecule has 1 aromatic carbocycles. The van der Waals surface area contributed by atoms with E-state index in [2.05, 4.69) is 30.4 Å². The number of rotatable bonds is 9. The van der Waals surface area contributed by atoms with Crippen LogP contribution in [0.4, 0.5) is 5.13 Å². The Morgan fingerprint density at radius 2 is 2.03 bits per heavy atom. The van der Waals surface area contributed by atoms with E-state index >= 15 is 0 Å². The number of hydrogen-bond donors (Lipinski definition) is 3. The second kappa shape index (κ2) is 10.1. The first-order valence-corrected chi connectivity index (χ1v) is 12.7. The number of benzene rings is 1. The van der Waals surface area contributed by atoms with E-state index in [1.807, 2.05) is 0 Å². The minimum absolute atomic E-state index is 0.0834. The lowest BCUT2D eigenvalue weighted by Crippen LogP contribution is -2.25. The zero-order valence-electron chi connectivity index (χ0n) is 18.5. The van der Waals surface area contributed by atoms with Gasteiger partial charge in [-0.25, -0.2) is 18.4 Å². The predicted molar refractivity (Wildman–Crippen MR) is 134 cm³/mol. The number of fused-ring (bicyclic) bond motifs is 1. The zero-order chi connectivity index (χ0) is 25.0. The maximum atomic E-state index is 13.1. The summed E-state index contributed by atoms with van der Waals surface area (Å²) >= 11 is 1.08. The molecule has 1 fully saturated rings. The number of nitrogens with one attached hydrogen (secondary N) is 2. The number of nitrogens with zero attached hydrogens (tertiary/aromatic N) is 4. The van der Waals surface area contributed by atoms with Crippen molar-refractivity contribution in [3.63, 3.8) is 0 Å². The van der Waals surface area contributed by atoms with Crippen LogP contribution >= 0.6 is 11.3 Å². The van der Waals surface area contributed by atoms with Gasteiger partial charge in [0, 0.05) is 18.7 Å². The average molecular weight is 516 g/mol. The minimum atomic E-state index is -3.39. The second-order valence-electron chi connectivity index (χ2n) is 7.49. The van der Waals surface area contributed by atoms with E-state index in [0.717, 1.165) is 11.3 Å². The summed E-state index contributed by atoms with van der Waals surface area (Å²) in [6, 6.07) is 8.70. The number of amides is 1. The molecular formula is C21H21N7O5S2. The molecule has 0 atom stereocenters. The monoisotopic (exact) mass is 515 g/mol. The Balaban J connectivity index is 1.60. The summed E-state index contributed by atoms with van der Waals surface area (Å²) < 4.78 is 25.0. The summed E-state index contributed by atoms with van der Waals surface area (Å²) in [7, 11) is -1.86. The fourth-order valence-corrected chi connectivity index (χ4v) is 5.49. The maximum absolute atomic E-state index is 13.1. The van der Waals surface area contributed by atoms with Crippen molar-refractivity contribution < 1.29 is 18.0 Å². The van der Waals surface area contributed by atoms with Gasteiger partial charge in [0.2, 0.25) is 5.56 Å². The van der Waals surface area contributed by atoms with E-state index in [1.165, 1.54) is 43.7 Å². The highest BCUT2D eigenvalue weighted by molar-refractivity contribution is 7.92. The Morgan fingerprint density at radius 1 is 1.29 bits per heavy atom. The Morgan fingerprint density at radius 3 is 2.71 bits per heavy atom. The quantitative estimate of drug-likeness (QED) is 0.218. The normalized spacial score (nSPS) is 15.0. The Labute approximate surface area is 203 Å².